The molecule has 156 valence electrons. The van der Waals surface area contributed by atoms with Gasteiger partial charge in [-0.1, -0.05) is 19.9 Å². The maximum absolute atomic E-state index is 12.7. The molecule has 1 aliphatic heterocycles. The highest BCUT2D eigenvalue weighted by Crippen LogP contribution is 2.28. The zero-order chi connectivity index (χ0) is 20.7. The highest BCUT2D eigenvalue weighted by atomic mass is 16.5. The number of nitrogens with zero attached hydrogens (tertiary/aromatic N) is 1. The first-order chi connectivity index (χ1) is 13.4. The molecule has 1 atom stereocenters. The first-order valence-electron chi connectivity index (χ1n) is 9.92. The summed E-state index contributed by atoms with van der Waals surface area (Å²) < 4.78 is 10.6. The average Bonchev–Trinajstić information content (AvgIpc) is 3.11. The van der Waals surface area contributed by atoms with E-state index in [1.807, 2.05) is 32.0 Å². The van der Waals surface area contributed by atoms with Crippen molar-refractivity contribution in [3.05, 3.63) is 23.8 Å². The Morgan fingerprint density at radius 3 is 2.50 bits per heavy atom. The van der Waals surface area contributed by atoms with Gasteiger partial charge in [0.1, 0.15) is 0 Å². The fourth-order valence-electron chi connectivity index (χ4n) is 3.59. The number of carbonyl (C=O) groups excluding carboxylic acids is 2. The van der Waals surface area contributed by atoms with Gasteiger partial charge in [0.2, 0.25) is 11.8 Å². The van der Waals surface area contributed by atoms with Crippen molar-refractivity contribution in [2.75, 3.05) is 33.9 Å². The molecular formula is C21H33N3O4. The number of likely N-dealkylation sites (tertiary alicyclic amines) is 1. The number of nitrogens with two attached hydrogens (primary N) is 1. The van der Waals surface area contributed by atoms with Gasteiger partial charge < -0.3 is 25.4 Å². The number of amides is 2. The second-order valence-corrected chi connectivity index (χ2v) is 7.36. The Balaban J connectivity index is 1.95. The van der Waals surface area contributed by atoms with Crippen LogP contribution in [0.25, 0.3) is 0 Å². The van der Waals surface area contributed by atoms with Crippen LogP contribution in [0, 0.1) is 5.92 Å². The smallest absolute Gasteiger partial charge is 0.225 e. The van der Waals surface area contributed by atoms with Crippen molar-refractivity contribution in [2.45, 2.75) is 45.1 Å². The molecule has 28 heavy (non-hydrogen) atoms. The summed E-state index contributed by atoms with van der Waals surface area (Å²) in [5.41, 5.74) is 6.55. The monoisotopic (exact) mass is 391 g/mol. The van der Waals surface area contributed by atoms with Crippen molar-refractivity contribution in [3.8, 4) is 11.5 Å². The molecule has 1 aromatic carbocycles. The highest BCUT2D eigenvalue weighted by Gasteiger charge is 2.37. The van der Waals surface area contributed by atoms with Crippen LogP contribution in [0.3, 0.4) is 0 Å². The van der Waals surface area contributed by atoms with E-state index in [0.29, 0.717) is 37.6 Å². The fourth-order valence-corrected chi connectivity index (χ4v) is 3.59. The second-order valence-electron chi connectivity index (χ2n) is 7.36. The van der Waals surface area contributed by atoms with Crippen LogP contribution in [0.4, 0.5) is 0 Å². The number of ether oxygens (including phenoxy) is 2. The van der Waals surface area contributed by atoms with Crippen molar-refractivity contribution in [1.29, 1.82) is 0 Å². The van der Waals surface area contributed by atoms with Gasteiger partial charge in [-0.05, 0) is 37.0 Å². The summed E-state index contributed by atoms with van der Waals surface area (Å²) in [6, 6.07) is 5.74. The zero-order valence-corrected chi connectivity index (χ0v) is 17.4. The van der Waals surface area contributed by atoms with E-state index in [1.54, 1.807) is 19.1 Å². The molecule has 2 rings (SSSR count). The lowest BCUT2D eigenvalue weighted by Gasteiger charge is -2.32. The molecule has 1 fully saturated rings. The van der Waals surface area contributed by atoms with Gasteiger partial charge in [0, 0.05) is 26.1 Å². The van der Waals surface area contributed by atoms with Gasteiger partial charge in [-0.15, -0.1) is 0 Å². The van der Waals surface area contributed by atoms with Gasteiger partial charge in [0.15, 0.2) is 11.5 Å². The van der Waals surface area contributed by atoms with Crippen LogP contribution in [-0.2, 0) is 16.0 Å². The molecule has 1 aliphatic rings. The maximum atomic E-state index is 12.7. The Morgan fingerprint density at radius 1 is 1.25 bits per heavy atom. The Kier molecular flexibility index (Phi) is 7.69. The van der Waals surface area contributed by atoms with E-state index in [1.165, 1.54) is 0 Å². The van der Waals surface area contributed by atoms with Crippen LogP contribution in [0.2, 0.25) is 0 Å². The van der Waals surface area contributed by atoms with E-state index in [9.17, 15) is 9.59 Å². The van der Waals surface area contributed by atoms with Gasteiger partial charge >= 0.3 is 0 Å². The van der Waals surface area contributed by atoms with E-state index in [2.05, 4.69) is 5.32 Å². The lowest BCUT2D eigenvalue weighted by Crippen LogP contribution is -2.54. The molecule has 3 N–H and O–H groups in total. The molecule has 7 nitrogen and oxygen atoms in total. The SMILES string of the molecule is CCC(CC)(CN)NC(=O)C1CC(=O)N(CCc2ccc(OC)c(OC)c2)C1. The summed E-state index contributed by atoms with van der Waals surface area (Å²) in [6.07, 6.45) is 2.49. The fraction of sp³-hybridized carbons (Fsp3) is 0.619. The molecule has 0 bridgehead atoms. The number of benzene rings is 1. The average molecular weight is 392 g/mol. The van der Waals surface area contributed by atoms with Gasteiger partial charge in [-0.3, -0.25) is 9.59 Å². The summed E-state index contributed by atoms with van der Waals surface area (Å²) >= 11 is 0. The minimum Gasteiger partial charge on any atom is -0.493 e. The number of nitrogens with one attached hydrogen (secondary N) is 1. The van der Waals surface area contributed by atoms with Crippen molar-refractivity contribution >= 4 is 11.8 Å². The predicted octanol–water partition coefficient (Wildman–Crippen LogP) is 1.73. The minimum atomic E-state index is -0.382. The van der Waals surface area contributed by atoms with Crippen molar-refractivity contribution in [3.63, 3.8) is 0 Å². The van der Waals surface area contributed by atoms with Crippen LogP contribution in [0.15, 0.2) is 18.2 Å². The van der Waals surface area contributed by atoms with Gasteiger partial charge in [-0.2, -0.15) is 0 Å². The normalized spacial score (nSPS) is 17.0. The largest absolute Gasteiger partial charge is 0.493 e. The van der Waals surface area contributed by atoms with Crippen molar-refractivity contribution in [2.24, 2.45) is 11.7 Å². The molecule has 0 saturated carbocycles. The summed E-state index contributed by atoms with van der Waals surface area (Å²) in [5.74, 6) is 0.975. The van der Waals surface area contributed by atoms with E-state index in [4.69, 9.17) is 15.2 Å². The molecule has 7 heteroatoms. The highest BCUT2D eigenvalue weighted by molar-refractivity contribution is 5.89. The molecule has 0 radical (unpaired) electrons. The topological polar surface area (TPSA) is 93.9 Å². The molecular weight excluding hydrogens is 358 g/mol. The molecule has 1 heterocycles. The first kappa shape index (κ1) is 22.0. The third-order valence-corrected chi connectivity index (χ3v) is 5.84. The lowest BCUT2D eigenvalue weighted by molar-refractivity contribution is -0.129. The number of hydrogen-bond acceptors (Lipinski definition) is 5. The summed E-state index contributed by atoms with van der Waals surface area (Å²) in [4.78, 5) is 26.8. The lowest BCUT2D eigenvalue weighted by atomic mass is 9.91. The molecule has 2 amide bonds. The Bertz CT molecular complexity index is 680. The summed E-state index contributed by atoms with van der Waals surface area (Å²) in [6.45, 7) is 5.46. The standard InChI is InChI=1S/C21H33N3O4/c1-5-21(6-2,14-22)23-20(26)16-12-19(25)24(13-16)10-9-15-7-8-17(27-3)18(11-15)28-4/h7-8,11,16H,5-6,9-10,12-14,22H2,1-4H3,(H,23,26). The van der Waals surface area contributed by atoms with Crippen LogP contribution < -0.4 is 20.5 Å². The van der Waals surface area contributed by atoms with Crippen molar-refractivity contribution in [1.82, 2.24) is 10.2 Å². The van der Waals surface area contributed by atoms with Gasteiger partial charge in [0.05, 0.1) is 25.7 Å². The zero-order valence-electron chi connectivity index (χ0n) is 17.4. The summed E-state index contributed by atoms with van der Waals surface area (Å²) in [7, 11) is 3.20. The molecule has 0 aliphatic carbocycles. The van der Waals surface area contributed by atoms with Crippen molar-refractivity contribution < 1.29 is 19.1 Å². The minimum absolute atomic E-state index is 0.0203. The second kappa shape index (κ2) is 9.78. The third-order valence-electron chi connectivity index (χ3n) is 5.84. The van der Waals surface area contributed by atoms with E-state index >= 15 is 0 Å². The Morgan fingerprint density at radius 2 is 1.93 bits per heavy atom. The molecule has 0 spiro atoms. The number of rotatable bonds is 10. The van der Waals surface area contributed by atoms with Crippen LogP contribution in [0.5, 0.6) is 11.5 Å². The number of methoxy groups -OCH3 is 2. The first-order valence-corrected chi connectivity index (χ1v) is 9.92. The molecule has 0 aromatic heterocycles. The van der Waals surface area contributed by atoms with E-state index < -0.39 is 0 Å². The molecule has 1 aromatic rings. The van der Waals surface area contributed by atoms with E-state index in [0.717, 1.165) is 18.4 Å². The van der Waals surface area contributed by atoms with Crippen LogP contribution in [0.1, 0.15) is 38.7 Å². The van der Waals surface area contributed by atoms with Gasteiger partial charge in [0.25, 0.3) is 0 Å². The summed E-state index contributed by atoms with van der Waals surface area (Å²) in [5, 5.41) is 3.09. The molecule has 1 unspecified atom stereocenters. The van der Waals surface area contributed by atoms with Crippen LogP contribution >= 0.6 is 0 Å². The van der Waals surface area contributed by atoms with Crippen LogP contribution in [-0.4, -0.2) is 56.1 Å². The maximum Gasteiger partial charge on any atom is 0.225 e. The number of carbonyl (C=O) groups is 2. The predicted molar refractivity (Wildman–Crippen MR) is 108 cm³/mol. The van der Waals surface area contributed by atoms with Gasteiger partial charge in [-0.25, -0.2) is 0 Å². The molecule has 1 saturated heterocycles. The van der Waals surface area contributed by atoms with E-state index in [-0.39, 0.29) is 29.7 Å². The Labute approximate surface area is 167 Å². The Hall–Kier alpha value is -2.28. The number of hydrogen-bond donors (Lipinski definition) is 2. The quantitative estimate of drug-likeness (QED) is 0.633. The third kappa shape index (κ3) is 4.95.